The van der Waals surface area contributed by atoms with E-state index < -0.39 is 10.9 Å². The Kier molecular flexibility index (Phi) is 4.81. The van der Waals surface area contributed by atoms with Crippen LogP contribution in [0.4, 0.5) is 5.69 Å². The molecule has 108 valence electrons. The summed E-state index contributed by atoms with van der Waals surface area (Å²) in [6, 6.07) is 5.88. The molecule has 1 N–H and O–H groups in total. The van der Waals surface area contributed by atoms with E-state index in [9.17, 15) is 14.9 Å². The van der Waals surface area contributed by atoms with Crippen molar-refractivity contribution in [2.24, 2.45) is 0 Å². The minimum absolute atomic E-state index is 0.0142. The number of carboxylic acid groups (broad SMARTS) is 1. The molecule has 0 saturated carbocycles. The van der Waals surface area contributed by atoms with Crippen molar-refractivity contribution < 1.29 is 14.8 Å². The number of aromatic nitrogens is 1. The fourth-order valence-corrected chi connectivity index (χ4v) is 3.01. The predicted octanol–water partition coefficient (Wildman–Crippen LogP) is 4.26. The van der Waals surface area contributed by atoms with Crippen LogP contribution in [-0.4, -0.2) is 21.0 Å². The van der Waals surface area contributed by atoms with Crippen LogP contribution in [0.25, 0.3) is 0 Å². The summed E-state index contributed by atoms with van der Waals surface area (Å²) in [5.41, 5.74) is -0.145. The Morgan fingerprint density at radius 1 is 1.43 bits per heavy atom. The van der Waals surface area contributed by atoms with Crippen LogP contribution in [-0.2, 0) is 0 Å². The summed E-state index contributed by atoms with van der Waals surface area (Å²) in [5, 5.41) is 20.3. The van der Waals surface area contributed by atoms with E-state index in [0.717, 1.165) is 6.20 Å². The highest BCUT2D eigenvalue weighted by atomic mass is 79.9. The van der Waals surface area contributed by atoms with Gasteiger partial charge in [-0.1, -0.05) is 23.4 Å². The van der Waals surface area contributed by atoms with Gasteiger partial charge in [0.25, 0.3) is 5.69 Å². The van der Waals surface area contributed by atoms with E-state index in [-0.39, 0.29) is 16.3 Å². The summed E-state index contributed by atoms with van der Waals surface area (Å²) in [4.78, 5) is 25.7. The molecule has 0 unspecified atom stereocenters. The van der Waals surface area contributed by atoms with E-state index in [2.05, 4.69) is 20.9 Å². The Balaban J connectivity index is 2.32. The molecule has 0 bridgehead atoms. The fraction of sp³-hybridized carbons (Fsp3) is 0. The van der Waals surface area contributed by atoms with Gasteiger partial charge in [0.15, 0.2) is 0 Å². The Morgan fingerprint density at radius 2 is 2.14 bits per heavy atom. The highest BCUT2D eigenvalue weighted by molar-refractivity contribution is 9.10. The van der Waals surface area contributed by atoms with Crippen LogP contribution in [0.2, 0.25) is 5.02 Å². The summed E-state index contributed by atoms with van der Waals surface area (Å²) in [6.07, 6.45) is 1.14. The third-order valence-electron chi connectivity index (χ3n) is 2.39. The van der Waals surface area contributed by atoms with E-state index in [1.165, 1.54) is 30.0 Å². The lowest BCUT2D eigenvalue weighted by atomic mass is 10.2. The molecule has 0 aliphatic heterocycles. The number of aromatic carboxylic acids is 1. The first-order valence-corrected chi connectivity index (χ1v) is 7.38. The predicted molar refractivity (Wildman–Crippen MR) is 81.1 cm³/mol. The highest BCUT2D eigenvalue weighted by Crippen LogP contribution is 2.34. The van der Waals surface area contributed by atoms with Crippen LogP contribution in [0.1, 0.15) is 10.4 Å². The largest absolute Gasteiger partial charge is 0.478 e. The van der Waals surface area contributed by atoms with Crippen LogP contribution in [0.3, 0.4) is 0 Å². The highest BCUT2D eigenvalue weighted by Gasteiger charge is 2.14. The zero-order valence-corrected chi connectivity index (χ0v) is 13.3. The standard InChI is InChI=1S/C12H6BrClN2O4S/c13-9-3-6(16(19)20)5-15-11(9)21-7-1-2-10(14)8(4-7)12(17)18/h1-5H,(H,17,18). The van der Waals surface area contributed by atoms with E-state index in [1.54, 1.807) is 6.07 Å². The number of nitrogens with zero attached hydrogens (tertiary/aromatic N) is 2. The van der Waals surface area contributed by atoms with Gasteiger partial charge in [0.05, 0.1) is 20.0 Å². The Labute approximate surface area is 136 Å². The number of hydrogen-bond donors (Lipinski definition) is 1. The zero-order valence-electron chi connectivity index (χ0n) is 10.1. The minimum Gasteiger partial charge on any atom is -0.478 e. The second kappa shape index (κ2) is 6.42. The van der Waals surface area contributed by atoms with Crippen molar-refractivity contribution in [3.8, 4) is 0 Å². The zero-order chi connectivity index (χ0) is 15.6. The number of hydrogen-bond acceptors (Lipinski definition) is 5. The molecular weight excluding hydrogens is 384 g/mol. The van der Waals surface area contributed by atoms with Gasteiger partial charge in [-0.25, -0.2) is 9.78 Å². The third-order valence-corrected chi connectivity index (χ3v) is 4.59. The third kappa shape index (κ3) is 3.72. The molecule has 2 rings (SSSR count). The van der Waals surface area contributed by atoms with Gasteiger partial charge in [-0.2, -0.15) is 0 Å². The molecule has 0 radical (unpaired) electrons. The van der Waals surface area contributed by atoms with Crippen molar-refractivity contribution in [1.29, 1.82) is 0 Å². The lowest BCUT2D eigenvalue weighted by Crippen LogP contribution is -1.97. The molecular formula is C12H6BrClN2O4S. The average molecular weight is 390 g/mol. The van der Waals surface area contributed by atoms with Crippen LogP contribution in [0.5, 0.6) is 0 Å². The molecule has 0 fully saturated rings. The van der Waals surface area contributed by atoms with Gasteiger partial charge in [0.2, 0.25) is 0 Å². The Hall–Kier alpha value is -1.64. The topological polar surface area (TPSA) is 93.3 Å². The summed E-state index contributed by atoms with van der Waals surface area (Å²) in [6.45, 7) is 0. The number of carboxylic acids is 1. The number of halogens is 2. The molecule has 0 aliphatic carbocycles. The summed E-state index contributed by atoms with van der Waals surface area (Å²) in [5.74, 6) is -1.13. The van der Waals surface area contributed by atoms with Crippen molar-refractivity contribution in [3.63, 3.8) is 0 Å². The lowest BCUT2D eigenvalue weighted by Gasteiger charge is -2.05. The SMILES string of the molecule is O=C(O)c1cc(Sc2ncc([N+](=O)[O-])cc2Br)ccc1Cl. The number of pyridine rings is 1. The average Bonchev–Trinajstić information content (AvgIpc) is 2.42. The van der Waals surface area contributed by atoms with Gasteiger partial charge in [0, 0.05) is 11.0 Å². The molecule has 6 nitrogen and oxygen atoms in total. The van der Waals surface area contributed by atoms with E-state index in [0.29, 0.717) is 14.4 Å². The van der Waals surface area contributed by atoms with Crippen molar-refractivity contribution in [3.05, 3.63) is 55.6 Å². The molecule has 1 aromatic carbocycles. The maximum atomic E-state index is 11.0. The van der Waals surface area contributed by atoms with Gasteiger partial charge < -0.3 is 5.11 Å². The van der Waals surface area contributed by atoms with Crippen molar-refractivity contribution in [2.75, 3.05) is 0 Å². The van der Waals surface area contributed by atoms with Crippen LogP contribution < -0.4 is 0 Å². The number of nitro groups is 1. The van der Waals surface area contributed by atoms with Crippen LogP contribution >= 0.6 is 39.3 Å². The molecule has 0 saturated heterocycles. The first kappa shape index (κ1) is 15.7. The van der Waals surface area contributed by atoms with Crippen molar-refractivity contribution in [1.82, 2.24) is 4.98 Å². The van der Waals surface area contributed by atoms with Gasteiger partial charge in [-0.15, -0.1) is 0 Å². The second-order valence-electron chi connectivity index (χ2n) is 3.79. The molecule has 1 heterocycles. The molecule has 0 spiro atoms. The number of rotatable bonds is 4. The van der Waals surface area contributed by atoms with E-state index in [4.69, 9.17) is 16.7 Å². The molecule has 0 atom stereocenters. The van der Waals surface area contributed by atoms with Crippen molar-refractivity contribution in [2.45, 2.75) is 9.92 Å². The summed E-state index contributed by atoms with van der Waals surface area (Å²) in [7, 11) is 0. The maximum Gasteiger partial charge on any atom is 0.337 e. The van der Waals surface area contributed by atoms with E-state index in [1.807, 2.05) is 0 Å². The van der Waals surface area contributed by atoms with Gasteiger partial charge in [0.1, 0.15) is 11.2 Å². The smallest absolute Gasteiger partial charge is 0.337 e. The molecule has 0 aliphatic rings. The van der Waals surface area contributed by atoms with Crippen molar-refractivity contribution >= 4 is 50.9 Å². The maximum absolute atomic E-state index is 11.0. The Morgan fingerprint density at radius 3 is 2.71 bits per heavy atom. The second-order valence-corrected chi connectivity index (χ2v) is 6.11. The normalized spacial score (nSPS) is 10.4. The molecule has 1 aromatic heterocycles. The number of benzene rings is 1. The van der Waals surface area contributed by atoms with Crippen LogP contribution in [0.15, 0.2) is 44.9 Å². The van der Waals surface area contributed by atoms with Gasteiger partial charge in [-0.3, -0.25) is 10.1 Å². The van der Waals surface area contributed by atoms with Gasteiger partial charge in [-0.05, 0) is 34.1 Å². The molecule has 0 amide bonds. The Bertz CT molecular complexity index is 741. The molecule has 21 heavy (non-hydrogen) atoms. The monoisotopic (exact) mass is 388 g/mol. The molecule has 2 aromatic rings. The lowest BCUT2D eigenvalue weighted by molar-refractivity contribution is -0.385. The summed E-state index contributed by atoms with van der Waals surface area (Å²) < 4.78 is 0.452. The van der Waals surface area contributed by atoms with E-state index >= 15 is 0 Å². The first-order chi connectivity index (χ1) is 9.88. The molecule has 9 heteroatoms. The quantitative estimate of drug-likeness (QED) is 0.620. The van der Waals surface area contributed by atoms with Crippen LogP contribution in [0, 0.1) is 10.1 Å². The van der Waals surface area contributed by atoms with Gasteiger partial charge >= 0.3 is 5.97 Å². The first-order valence-electron chi connectivity index (χ1n) is 5.39. The number of carbonyl (C=O) groups is 1. The fourth-order valence-electron chi connectivity index (χ4n) is 1.43. The minimum atomic E-state index is -1.13. The summed E-state index contributed by atoms with van der Waals surface area (Å²) >= 11 is 10.2.